The van der Waals surface area contributed by atoms with E-state index < -0.39 is 16.1 Å². The number of carbonyl (C=O) groups excluding carboxylic acids is 1. The number of aliphatic hydroxyl groups excluding tert-OH is 1. The van der Waals surface area contributed by atoms with E-state index in [9.17, 15) is 18.3 Å². The molecule has 0 bridgehead atoms. The summed E-state index contributed by atoms with van der Waals surface area (Å²) in [5.41, 5.74) is 1.47. The van der Waals surface area contributed by atoms with Crippen LogP contribution in [0.3, 0.4) is 0 Å². The van der Waals surface area contributed by atoms with Crippen LogP contribution in [0.25, 0.3) is 0 Å². The molecule has 0 radical (unpaired) electrons. The van der Waals surface area contributed by atoms with Gasteiger partial charge in [0.2, 0.25) is 10.0 Å². The van der Waals surface area contributed by atoms with Crippen molar-refractivity contribution in [3.05, 3.63) is 102 Å². The Morgan fingerprint density at radius 2 is 1.57 bits per heavy atom. The van der Waals surface area contributed by atoms with E-state index in [0.717, 1.165) is 18.5 Å². The number of benzene rings is 3. The third-order valence-corrected chi connectivity index (χ3v) is 7.94. The molecule has 3 aromatic rings. The van der Waals surface area contributed by atoms with Crippen molar-refractivity contribution >= 4 is 15.9 Å². The average molecular weight is 494 g/mol. The van der Waals surface area contributed by atoms with Gasteiger partial charge >= 0.3 is 0 Å². The van der Waals surface area contributed by atoms with Gasteiger partial charge < -0.3 is 10.4 Å². The summed E-state index contributed by atoms with van der Waals surface area (Å²) in [4.78, 5) is 14.7. The minimum atomic E-state index is -3.79. The summed E-state index contributed by atoms with van der Waals surface area (Å²) in [7, 11) is -3.79. The zero-order chi connectivity index (χ0) is 24.7. The molecule has 1 amide bonds. The number of rotatable bonds is 10. The highest BCUT2D eigenvalue weighted by Crippen LogP contribution is 2.19. The Balaban J connectivity index is 1.38. The summed E-state index contributed by atoms with van der Waals surface area (Å²) >= 11 is 0. The number of hydrogen-bond acceptors (Lipinski definition) is 5. The molecule has 8 heteroatoms. The highest BCUT2D eigenvalue weighted by molar-refractivity contribution is 7.89. The van der Waals surface area contributed by atoms with Crippen molar-refractivity contribution in [2.45, 2.75) is 30.0 Å². The fraction of sp³-hybridized carbons (Fsp3) is 0.296. The van der Waals surface area contributed by atoms with Crippen molar-refractivity contribution in [1.29, 1.82) is 0 Å². The van der Waals surface area contributed by atoms with Crippen molar-refractivity contribution < 1.29 is 18.3 Å². The van der Waals surface area contributed by atoms with Crippen molar-refractivity contribution in [3.63, 3.8) is 0 Å². The molecule has 0 saturated carbocycles. The van der Waals surface area contributed by atoms with E-state index >= 15 is 0 Å². The molecule has 0 aromatic heterocycles. The van der Waals surface area contributed by atoms with Gasteiger partial charge in [0.1, 0.15) is 0 Å². The molecule has 1 aliphatic rings. The van der Waals surface area contributed by atoms with Crippen LogP contribution in [0, 0.1) is 0 Å². The van der Waals surface area contributed by atoms with Crippen LogP contribution >= 0.6 is 0 Å². The molecule has 1 saturated heterocycles. The van der Waals surface area contributed by atoms with E-state index in [1.54, 1.807) is 42.5 Å². The summed E-state index contributed by atoms with van der Waals surface area (Å²) in [6.45, 7) is 1.81. The fourth-order valence-electron chi connectivity index (χ4n) is 4.34. The first-order chi connectivity index (χ1) is 16.9. The monoisotopic (exact) mass is 493 g/mol. The van der Waals surface area contributed by atoms with Crippen LogP contribution in [0.4, 0.5) is 0 Å². The number of nitrogens with one attached hydrogen (secondary N) is 1. The predicted octanol–water partition coefficient (Wildman–Crippen LogP) is 2.74. The van der Waals surface area contributed by atoms with Gasteiger partial charge in [-0.25, -0.2) is 8.42 Å². The van der Waals surface area contributed by atoms with E-state index in [4.69, 9.17) is 0 Å². The second-order valence-corrected chi connectivity index (χ2v) is 10.8. The average Bonchev–Trinajstić information content (AvgIpc) is 3.31. The number of carbonyl (C=O) groups is 1. The maximum atomic E-state index is 13.4. The minimum Gasteiger partial charge on any atom is -0.390 e. The van der Waals surface area contributed by atoms with Gasteiger partial charge in [0.25, 0.3) is 5.91 Å². The molecule has 184 valence electrons. The quantitative estimate of drug-likeness (QED) is 0.453. The van der Waals surface area contributed by atoms with Crippen molar-refractivity contribution in [3.8, 4) is 0 Å². The van der Waals surface area contributed by atoms with Crippen molar-refractivity contribution in [2.75, 3.05) is 26.2 Å². The first kappa shape index (κ1) is 25.1. The molecule has 0 aliphatic carbocycles. The van der Waals surface area contributed by atoms with Crippen molar-refractivity contribution in [1.82, 2.24) is 14.5 Å². The van der Waals surface area contributed by atoms with Crippen molar-refractivity contribution in [2.24, 2.45) is 0 Å². The molecule has 35 heavy (non-hydrogen) atoms. The first-order valence-corrected chi connectivity index (χ1v) is 13.2. The van der Waals surface area contributed by atoms with Gasteiger partial charge in [-0.3, -0.25) is 9.69 Å². The van der Waals surface area contributed by atoms with E-state index in [1.807, 2.05) is 48.5 Å². The Bertz CT molecular complexity index is 1190. The van der Waals surface area contributed by atoms with Crippen LogP contribution < -0.4 is 5.32 Å². The zero-order valence-electron chi connectivity index (χ0n) is 19.5. The van der Waals surface area contributed by atoms with Gasteiger partial charge in [0.15, 0.2) is 0 Å². The lowest BCUT2D eigenvalue weighted by Gasteiger charge is -2.27. The molecule has 1 fully saturated rings. The largest absolute Gasteiger partial charge is 0.390 e. The third-order valence-electron chi connectivity index (χ3n) is 6.11. The second kappa shape index (κ2) is 11.6. The number of sulfonamides is 1. The summed E-state index contributed by atoms with van der Waals surface area (Å²) in [5.74, 6) is -0.110. The summed E-state index contributed by atoms with van der Waals surface area (Å²) < 4.78 is 28.1. The smallest absolute Gasteiger partial charge is 0.251 e. The number of amides is 1. The SMILES string of the molecule is O=C(NC1CCN(CC(O)CN(Cc2ccccc2)S(=O)(=O)c2ccccc2)C1)c1ccccc1. The topological polar surface area (TPSA) is 90.0 Å². The Morgan fingerprint density at radius 1 is 0.971 bits per heavy atom. The standard InChI is InChI=1S/C27H31N3O4S/c31-25(20-29-17-16-24(19-29)28-27(32)23-12-6-2-7-13-23)21-30(18-22-10-4-1-5-11-22)35(33,34)26-14-8-3-9-15-26/h1-15,24-25,31H,16-21H2,(H,28,32). The number of aliphatic hydroxyl groups is 1. The van der Waals surface area contributed by atoms with Crippen LogP contribution in [0.5, 0.6) is 0 Å². The highest BCUT2D eigenvalue weighted by atomic mass is 32.2. The van der Waals surface area contributed by atoms with Crippen LogP contribution in [0.2, 0.25) is 0 Å². The number of hydrogen-bond donors (Lipinski definition) is 2. The normalized spacial score (nSPS) is 17.4. The summed E-state index contributed by atoms with van der Waals surface area (Å²) in [6, 6.07) is 26.7. The van der Waals surface area contributed by atoms with Crippen LogP contribution in [0.15, 0.2) is 95.9 Å². The van der Waals surface area contributed by atoms with E-state index in [2.05, 4.69) is 10.2 Å². The molecule has 7 nitrogen and oxygen atoms in total. The lowest BCUT2D eigenvalue weighted by molar-refractivity contribution is 0.0925. The lowest BCUT2D eigenvalue weighted by Crippen LogP contribution is -2.43. The molecule has 1 aliphatic heterocycles. The molecule has 1 heterocycles. The molecular formula is C27H31N3O4S. The summed E-state index contributed by atoms with van der Waals surface area (Å²) in [6.07, 6.45) is -0.0952. The minimum absolute atomic E-state index is 0.0108. The predicted molar refractivity (Wildman–Crippen MR) is 135 cm³/mol. The van der Waals surface area contributed by atoms with Gasteiger partial charge in [-0.05, 0) is 36.2 Å². The van der Waals surface area contributed by atoms with E-state index in [1.165, 1.54) is 4.31 Å². The zero-order valence-corrected chi connectivity index (χ0v) is 20.3. The Kier molecular flexibility index (Phi) is 8.30. The Morgan fingerprint density at radius 3 is 2.23 bits per heavy atom. The Labute approximate surface area is 207 Å². The molecule has 2 N–H and O–H groups in total. The molecular weight excluding hydrogens is 462 g/mol. The van der Waals surface area contributed by atoms with Crippen LogP contribution in [-0.2, 0) is 16.6 Å². The number of β-amino-alcohol motifs (C(OH)–C–C–N with tert-alkyl or cyclic N) is 1. The first-order valence-electron chi connectivity index (χ1n) is 11.8. The van der Waals surface area contributed by atoms with E-state index in [-0.39, 0.29) is 29.9 Å². The van der Waals surface area contributed by atoms with Crippen LogP contribution in [-0.4, -0.2) is 67.0 Å². The van der Waals surface area contributed by atoms with Gasteiger partial charge in [-0.1, -0.05) is 66.7 Å². The maximum Gasteiger partial charge on any atom is 0.251 e. The Hall–Kier alpha value is -3.04. The van der Waals surface area contributed by atoms with Gasteiger partial charge in [0, 0.05) is 44.3 Å². The molecule has 4 rings (SSSR count). The fourth-order valence-corrected chi connectivity index (χ4v) is 5.83. The molecule has 2 atom stereocenters. The van der Waals surface area contributed by atoms with E-state index in [0.29, 0.717) is 18.7 Å². The maximum absolute atomic E-state index is 13.4. The summed E-state index contributed by atoms with van der Waals surface area (Å²) in [5, 5.41) is 13.9. The van der Waals surface area contributed by atoms with Crippen LogP contribution in [0.1, 0.15) is 22.3 Å². The third kappa shape index (κ3) is 6.76. The molecule has 3 aromatic carbocycles. The number of likely N-dealkylation sites (tertiary alicyclic amines) is 1. The lowest BCUT2D eigenvalue weighted by atomic mass is 10.2. The number of nitrogens with zero attached hydrogens (tertiary/aromatic N) is 2. The van der Waals surface area contributed by atoms with Gasteiger partial charge in [-0.15, -0.1) is 0 Å². The van der Waals surface area contributed by atoms with Gasteiger partial charge in [0.05, 0.1) is 11.0 Å². The second-order valence-electron chi connectivity index (χ2n) is 8.83. The molecule has 0 spiro atoms. The van der Waals surface area contributed by atoms with Gasteiger partial charge in [-0.2, -0.15) is 4.31 Å². The molecule has 2 unspecified atom stereocenters. The highest BCUT2D eigenvalue weighted by Gasteiger charge is 2.30.